The summed E-state index contributed by atoms with van der Waals surface area (Å²) in [7, 11) is 0. The number of alkyl halides is 1. The summed E-state index contributed by atoms with van der Waals surface area (Å²) in [5.41, 5.74) is 6.33. The van der Waals surface area contributed by atoms with Crippen LogP contribution < -0.4 is 5.73 Å². The minimum atomic E-state index is -1.27. The van der Waals surface area contributed by atoms with Crippen LogP contribution >= 0.6 is 0 Å². The van der Waals surface area contributed by atoms with E-state index in [0.29, 0.717) is 0 Å². The molecule has 0 aliphatic carbocycles. The molecule has 1 unspecified atom stereocenters. The van der Waals surface area contributed by atoms with E-state index in [4.69, 9.17) is 5.73 Å². The second-order valence-electron chi connectivity index (χ2n) is 2.77. The lowest BCUT2D eigenvalue weighted by Crippen LogP contribution is -2.07. The van der Waals surface area contributed by atoms with Crippen LogP contribution in [0.15, 0.2) is 18.2 Å². The van der Waals surface area contributed by atoms with Crippen molar-refractivity contribution in [1.29, 1.82) is 0 Å². The first-order valence-corrected chi connectivity index (χ1v) is 3.79. The lowest BCUT2D eigenvalue weighted by atomic mass is 10.1. The van der Waals surface area contributed by atoms with Gasteiger partial charge >= 0.3 is 0 Å². The van der Waals surface area contributed by atoms with Crippen LogP contribution in [0.25, 0.3) is 0 Å². The molecule has 1 rings (SSSR count). The molecule has 1 aromatic carbocycles. The fraction of sp³-hybridized carbons (Fsp3) is 0.333. The van der Waals surface area contributed by atoms with E-state index in [2.05, 4.69) is 0 Å². The Morgan fingerprint density at radius 1 is 1.58 bits per heavy atom. The first kappa shape index (κ1) is 9.00. The van der Waals surface area contributed by atoms with Gasteiger partial charge in [-0.25, -0.2) is 4.39 Å². The number of hydrogen-bond acceptors (Lipinski definition) is 2. The molecule has 0 aliphatic rings. The van der Waals surface area contributed by atoms with Gasteiger partial charge in [0.2, 0.25) is 0 Å². The monoisotopic (exact) mass is 169 g/mol. The van der Waals surface area contributed by atoms with Gasteiger partial charge in [-0.2, -0.15) is 0 Å². The number of hydrogen-bond donors (Lipinski definition) is 2. The lowest BCUT2D eigenvalue weighted by Gasteiger charge is -2.08. The van der Waals surface area contributed by atoms with Crippen molar-refractivity contribution in [3.05, 3.63) is 29.3 Å². The predicted molar refractivity (Wildman–Crippen MR) is 45.7 cm³/mol. The highest BCUT2D eigenvalue weighted by atomic mass is 19.1. The van der Waals surface area contributed by atoms with Crippen molar-refractivity contribution in [1.82, 2.24) is 0 Å². The summed E-state index contributed by atoms with van der Waals surface area (Å²) in [5.74, 6) is -0.0291. The van der Waals surface area contributed by atoms with Gasteiger partial charge in [0.1, 0.15) is 11.9 Å². The van der Waals surface area contributed by atoms with Crippen LogP contribution in [0.4, 0.5) is 4.39 Å². The SMILES string of the molecule is Cc1ccc(O)c(C(F)CN)c1. The van der Waals surface area contributed by atoms with Gasteiger partial charge in [0.15, 0.2) is 0 Å². The van der Waals surface area contributed by atoms with E-state index >= 15 is 0 Å². The highest BCUT2D eigenvalue weighted by Crippen LogP contribution is 2.26. The Bertz CT molecular complexity index is 275. The van der Waals surface area contributed by atoms with Gasteiger partial charge in [0.25, 0.3) is 0 Å². The second-order valence-corrected chi connectivity index (χ2v) is 2.77. The molecule has 0 aliphatic heterocycles. The van der Waals surface area contributed by atoms with Crippen molar-refractivity contribution < 1.29 is 9.50 Å². The Balaban J connectivity index is 3.04. The van der Waals surface area contributed by atoms with Crippen molar-refractivity contribution in [2.45, 2.75) is 13.1 Å². The maximum Gasteiger partial charge on any atom is 0.141 e. The number of rotatable bonds is 2. The van der Waals surface area contributed by atoms with E-state index in [1.54, 1.807) is 12.1 Å². The van der Waals surface area contributed by atoms with Crippen LogP contribution in [0, 0.1) is 6.92 Å². The lowest BCUT2D eigenvalue weighted by molar-refractivity contribution is 0.338. The highest BCUT2D eigenvalue weighted by Gasteiger charge is 2.11. The van der Waals surface area contributed by atoms with Crippen LogP contribution in [0.3, 0.4) is 0 Å². The van der Waals surface area contributed by atoms with Crippen molar-refractivity contribution in [2.75, 3.05) is 6.54 Å². The number of phenols is 1. The summed E-state index contributed by atoms with van der Waals surface area (Å²) in [4.78, 5) is 0. The number of benzene rings is 1. The zero-order valence-corrected chi connectivity index (χ0v) is 6.92. The molecule has 0 spiro atoms. The summed E-state index contributed by atoms with van der Waals surface area (Å²) >= 11 is 0. The zero-order chi connectivity index (χ0) is 9.14. The average molecular weight is 169 g/mol. The van der Waals surface area contributed by atoms with E-state index in [9.17, 15) is 9.50 Å². The Hall–Kier alpha value is -1.09. The maximum atomic E-state index is 13.0. The molecule has 66 valence electrons. The minimum Gasteiger partial charge on any atom is -0.508 e. The fourth-order valence-electron chi connectivity index (χ4n) is 1.05. The number of nitrogens with two attached hydrogens (primary N) is 1. The van der Waals surface area contributed by atoms with Gasteiger partial charge in [-0.15, -0.1) is 0 Å². The Labute approximate surface area is 70.8 Å². The van der Waals surface area contributed by atoms with Crippen LogP contribution in [0.1, 0.15) is 17.3 Å². The largest absolute Gasteiger partial charge is 0.508 e. The summed E-state index contributed by atoms with van der Waals surface area (Å²) in [5, 5.41) is 9.24. The summed E-state index contributed by atoms with van der Waals surface area (Å²) in [6, 6.07) is 4.81. The average Bonchev–Trinajstić information content (AvgIpc) is 2.08. The molecule has 0 saturated carbocycles. The van der Waals surface area contributed by atoms with Crippen LogP contribution in [0.5, 0.6) is 5.75 Å². The Morgan fingerprint density at radius 2 is 2.25 bits per heavy atom. The number of halogens is 1. The molecule has 1 aromatic rings. The van der Waals surface area contributed by atoms with E-state index in [0.717, 1.165) is 5.56 Å². The third kappa shape index (κ3) is 1.74. The van der Waals surface area contributed by atoms with E-state index in [-0.39, 0.29) is 17.9 Å². The van der Waals surface area contributed by atoms with Gasteiger partial charge in [0.05, 0.1) is 0 Å². The van der Waals surface area contributed by atoms with Crippen molar-refractivity contribution in [3.8, 4) is 5.75 Å². The second kappa shape index (κ2) is 3.54. The molecule has 0 saturated heterocycles. The number of aromatic hydroxyl groups is 1. The van der Waals surface area contributed by atoms with Gasteiger partial charge < -0.3 is 10.8 Å². The third-order valence-electron chi connectivity index (χ3n) is 1.73. The van der Waals surface area contributed by atoms with Gasteiger partial charge in [-0.3, -0.25) is 0 Å². The fourth-order valence-corrected chi connectivity index (χ4v) is 1.05. The maximum absolute atomic E-state index is 13.0. The van der Waals surface area contributed by atoms with Crippen LogP contribution in [-0.2, 0) is 0 Å². The normalized spacial score (nSPS) is 12.9. The zero-order valence-electron chi connectivity index (χ0n) is 6.92. The van der Waals surface area contributed by atoms with Crippen molar-refractivity contribution >= 4 is 0 Å². The van der Waals surface area contributed by atoms with E-state index in [1.165, 1.54) is 6.07 Å². The standard InChI is InChI=1S/C9H12FNO/c1-6-2-3-9(12)7(4-6)8(10)5-11/h2-4,8,12H,5,11H2,1H3. The molecule has 0 amide bonds. The number of aryl methyl sites for hydroxylation is 1. The van der Waals surface area contributed by atoms with E-state index in [1.807, 2.05) is 6.92 Å². The smallest absolute Gasteiger partial charge is 0.141 e. The van der Waals surface area contributed by atoms with Crippen molar-refractivity contribution in [2.24, 2.45) is 5.73 Å². The molecule has 0 radical (unpaired) electrons. The van der Waals surface area contributed by atoms with Crippen molar-refractivity contribution in [3.63, 3.8) is 0 Å². The molecule has 0 heterocycles. The predicted octanol–water partition coefficient (Wildman–Crippen LogP) is 1.67. The summed E-state index contributed by atoms with van der Waals surface area (Å²) in [6.07, 6.45) is -1.27. The molecule has 12 heavy (non-hydrogen) atoms. The molecule has 1 atom stereocenters. The first-order chi connectivity index (χ1) is 5.65. The molecule has 3 N–H and O–H groups in total. The van der Waals surface area contributed by atoms with Crippen LogP contribution in [-0.4, -0.2) is 11.7 Å². The minimum absolute atomic E-state index is 0.0291. The quantitative estimate of drug-likeness (QED) is 0.707. The summed E-state index contributed by atoms with van der Waals surface area (Å²) < 4.78 is 13.0. The molecule has 2 nitrogen and oxygen atoms in total. The highest BCUT2D eigenvalue weighted by molar-refractivity contribution is 5.37. The third-order valence-corrected chi connectivity index (χ3v) is 1.73. The molecule has 0 fully saturated rings. The molecule has 0 aromatic heterocycles. The molecular weight excluding hydrogens is 157 g/mol. The Kier molecular flexibility index (Phi) is 2.65. The molecule has 0 bridgehead atoms. The first-order valence-electron chi connectivity index (χ1n) is 3.79. The van der Waals surface area contributed by atoms with Crippen LogP contribution in [0.2, 0.25) is 0 Å². The van der Waals surface area contributed by atoms with Gasteiger partial charge in [0, 0.05) is 12.1 Å². The van der Waals surface area contributed by atoms with E-state index < -0.39 is 6.17 Å². The van der Waals surface area contributed by atoms with Gasteiger partial charge in [-0.05, 0) is 19.1 Å². The Morgan fingerprint density at radius 3 is 2.83 bits per heavy atom. The summed E-state index contributed by atoms with van der Waals surface area (Å²) in [6.45, 7) is 1.74. The molecular formula is C9H12FNO. The topological polar surface area (TPSA) is 46.2 Å². The van der Waals surface area contributed by atoms with Gasteiger partial charge in [-0.1, -0.05) is 11.6 Å². The molecule has 3 heteroatoms. The number of phenolic OH excluding ortho intramolecular Hbond substituents is 1.